The molecule has 1 N–H and O–H groups in total. The van der Waals surface area contributed by atoms with E-state index in [-0.39, 0.29) is 31.4 Å². The molecule has 2 amide bonds. The van der Waals surface area contributed by atoms with E-state index in [0.29, 0.717) is 19.6 Å². The lowest BCUT2D eigenvalue weighted by Crippen LogP contribution is -2.49. The Balaban J connectivity index is 1.88. The predicted molar refractivity (Wildman–Crippen MR) is 86.1 cm³/mol. The number of carboxylic acid groups (broad SMARTS) is 1. The quantitative estimate of drug-likeness (QED) is 0.829. The molecular weight excluding hydrogens is 312 g/mol. The van der Waals surface area contributed by atoms with Gasteiger partial charge < -0.3 is 19.6 Å². The lowest BCUT2D eigenvalue weighted by Gasteiger charge is -2.31. The third-order valence-corrected chi connectivity index (χ3v) is 3.95. The third kappa shape index (κ3) is 5.06. The van der Waals surface area contributed by atoms with Crippen LogP contribution in [0, 0.1) is 0 Å². The second-order valence-corrected chi connectivity index (χ2v) is 5.71. The van der Waals surface area contributed by atoms with Gasteiger partial charge in [0.1, 0.15) is 0 Å². The second-order valence-electron chi connectivity index (χ2n) is 5.71. The number of amides is 2. The largest absolute Gasteiger partial charge is 0.479 e. The van der Waals surface area contributed by atoms with Crippen molar-refractivity contribution < 1.29 is 24.2 Å². The van der Waals surface area contributed by atoms with Gasteiger partial charge in [0.25, 0.3) is 0 Å². The van der Waals surface area contributed by atoms with Gasteiger partial charge >= 0.3 is 5.97 Å². The fourth-order valence-electron chi connectivity index (χ4n) is 2.57. The summed E-state index contributed by atoms with van der Waals surface area (Å²) in [6.45, 7) is 2.86. The first-order chi connectivity index (χ1) is 11.5. The molecule has 0 bridgehead atoms. The van der Waals surface area contributed by atoms with Crippen molar-refractivity contribution >= 4 is 17.8 Å². The number of rotatable bonds is 6. The zero-order chi connectivity index (χ0) is 17.5. The van der Waals surface area contributed by atoms with Gasteiger partial charge in [0, 0.05) is 33.0 Å². The molecule has 7 nitrogen and oxygen atoms in total. The molecule has 130 valence electrons. The van der Waals surface area contributed by atoms with Crippen molar-refractivity contribution in [3.05, 3.63) is 35.9 Å². The van der Waals surface area contributed by atoms with E-state index in [9.17, 15) is 14.4 Å². The SMILES string of the molecule is CC(=O)N(CCC(=O)N1CCO[C@@H](C(=O)O)C1)Cc1ccccc1. The highest BCUT2D eigenvalue weighted by atomic mass is 16.5. The number of benzene rings is 1. The number of morpholine rings is 1. The lowest BCUT2D eigenvalue weighted by molar-refractivity contribution is -0.159. The minimum atomic E-state index is -1.07. The Morgan fingerprint density at radius 2 is 2.00 bits per heavy atom. The van der Waals surface area contributed by atoms with Crippen LogP contribution in [0.15, 0.2) is 30.3 Å². The summed E-state index contributed by atoms with van der Waals surface area (Å²) in [4.78, 5) is 38.1. The monoisotopic (exact) mass is 334 g/mol. The van der Waals surface area contributed by atoms with Gasteiger partial charge in [-0.1, -0.05) is 30.3 Å². The van der Waals surface area contributed by atoms with E-state index in [0.717, 1.165) is 5.56 Å². The van der Waals surface area contributed by atoms with Crippen LogP contribution in [0.3, 0.4) is 0 Å². The summed E-state index contributed by atoms with van der Waals surface area (Å²) in [5.74, 6) is -1.33. The van der Waals surface area contributed by atoms with Gasteiger partial charge in [0.2, 0.25) is 11.8 Å². The van der Waals surface area contributed by atoms with Gasteiger partial charge in [-0.3, -0.25) is 9.59 Å². The summed E-state index contributed by atoms with van der Waals surface area (Å²) in [6, 6.07) is 9.56. The molecule has 1 saturated heterocycles. The average Bonchev–Trinajstić information content (AvgIpc) is 2.59. The van der Waals surface area contributed by atoms with Gasteiger partial charge in [0.15, 0.2) is 6.10 Å². The van der Waals surface area contributed by atoms with Gasteiger partial charge in [-0.2, -0.15) is 0 Å². The van der Waals surface area contributed by atoms with E-state index in [1.165, 1.54) is 11.8 Å². The Morgan fingerprint density at radius 1 is 1.29 bits per heavy atom. The number of ether oxygens (including phenoxy) is 1. The molecule has 0 aliphatic carbocycles. The van der Waals surface area contributed by atoms with Crippen molar-refractivity contribution in [2.75, 3.05) is 26.2 Å². The summed E-state index contributed by atoms with van der Waals surface area (Å²) >= 11 is 0. The van der Waals surface area contributed by atoms with Crippen LogP contribution in [0.4, 0.5) is 0 Å². The van der Waals surface area contributed by atoms with Gasteiger partial charge in [-0.15, -0.1) is 0 Å². The third-order valence-electron chi connectivity index (χ3n) is 3.95. The number of carboxylic acids is 1. The summed E-state index contributed by atoms with van der Waals surface area (Å²) in [7, 11) is 0. The topological polar surface area (TPSA) is 87.2 Å². The first kappa shape index (κ1) is 17.9. The molecular formula is C17H22N2O5. The number of carbonyl (C=O) groups excluding carboxylic acids is 2. The maximum absolute atomic E-state index is 12.3. The summed E-state index contributed by atoms with van der Waals surface area (Å²) < 4.78 is 5.10. The van der Waals surface area contributed by atoms with Crippen LogP contribution in [0.1, 0.15) is 18.9 Å². The van der Waals surface area contributed by atoms with E-state index < -0.39 is 12.1 Å². The van der Waals surface area contributed by atoms with Crippen LogP contribution in [0.25, 0.3) is 0 Å². The molecule has 1 aliphatic heterocycles. The Hall–Kier alpha value is -2.41. The zero-order valence-electron chi connectivity index (χ0n) is 13.7. The number of aliphatic carboxylic acids is 1. The van der Waals surface area contributed by atoms with Crippen LogP contribution in [-0.2, 0) is 25.7 Å². The van der Waals surface area contributed by atoms with Crippen molar-refractivity contribution in [2.24, 2.45) is 0 Å². The maximum Gasteiger partial charge on any atom is 0.334 e. The van der Waals surface area contributed by atoms with Crippen LogP contribution >= 0.6 is 0 Å². The van der Waals surface area contributed by atoms with Crippen molar-refractivity contribution in [1.29, 1.82) is 0 Å². The van der Waals surface area contributed by atoms with Crippen LogP contribution in [-0.4, -0.2) is 65.0 Å². The Kier molecular flexibility index (Phi) is 6.31. The predicted octanol–water partition coefficient (Wildman–Crippen LogP) is 0.737. The number of nitrogens with zero attached hydrogens (tertiary/aromatic N) is 2. The molecule has 1 aromatic rings. The average molecular weight is 334 g/mol. The molecule has 0 unspecified atom stereocenters. The molecule has 1 aromatic carbocycles. The molecule has 24 heavy (non-hydrogen) atoms. The zero-order valence-corrected chi connectivity index (χ0v) is 13.7. The molecule has 0 spiro atoms. The van der Waals surface area contributed by atoms with E-state index in [2.05, 4.69) is 0 Å². The van der Waals surface area contributed by atoms with E-state index in [1.54, 1.807) is 4.90 Å². The van der Waals surface area contributed by atoms with Gasteiger partial charge in [0.05, 0.1) is 13.2 Å². The Bertz CT molecular complexity index is 590. The molecule has 2 rings (SSSR count). The van der Waals surface area contributed by atoms with E-state index in [1.807, 2.05) is 30.3 Å². The smallest absolute Gasteiger partial charge is 0.334 e. The first-order valence-corrected chi connectivity index (χ1v) is 7.89. The first-order valence-electron chi connectivity index (χ1n) is 7.89. The van der Waals surface area contributed by atoms with Crippen molar-refractivity contribution in [3.8, 4) is 0 Å². The van der Waals surface area contributed by atoms with Crippen LogP contribution in [0.2, 0.25) is 0 Å². The van der Waals surface area contributed by atoms with Crippen molar-refractivity contribution in [2.45, 2.75) is 26.0 Å². The molecule has 7 heteroatoms. The normalized spacial score (nSPS) is 17.4. The molecule has 0 aromatic heterocycles. The molecule has 1 atom stereocenters. The minimum absolute atomic E-state index is 0.0485. The highest BCUT2D eigenvalue weighted by Crippen LogP contribution is 2.10. The summed E-state index contributed by atoms with van der Waals surface area (Å²) in [5, 5.41) is 8.98. The van der Waals surface area contributed by atoms with Gasteiger partial charge in [-0.05, 0) is 5.56 Å². The fraction of sp³-hybridized carbons (Fsp3) is 0.471. The molecule has 0 saturated carbocycles. The Morgan fingerprint density at radius 3 is 2.62 bits per heavy atom. The minimum Gasteiger partial charge on any atom is -0.479 e. The molecule has 1 fully saturated rings. The highest BCUT2D eigenvalue weighted by Gasteiger charge is 2.29. The van der Waals surface area contributed by atoms with E-state index >= 15 is 0 Å². The fourth-order valence-corrected chi connectivity index (χ4v) is 2.57. The summed E-state index contributed by atoms with van der Waals surface area (Å²) in [6.07, 6.45) is -0.811. The van der Waals surface area contributed by atoms with Crippen LogP contribution < -0.4 is 0 Å². The van der Waals surface area contributed by atoms with Crippen molar-refractivity contribution in [3.63, 3.8) is 0 Å². The second kappa shape index (κ2) is 8.44. The van der Waals surface area contributed by atoms with Gasteiger partial charge in [-0.25, -0.2) is 4.79 Å². The number of hydrogen-bond donors (Lipinski definition) is 1. The molecule has 0 radical (unpaired) electrons. The Labute approximate surface area is 140 Å². The van der Waals surface area contributed by atoms with E-state index in [4.69, 9.17) is 9.84 Å². The van der Waals surface area contributed by atoms with Crippen LogP contribution in [0.5, 0.6) is 0 Å². The molecule has 1 aliphatic rings. The van der Waals surface area contributed by atoms with Crippen molar-refractivity contribution in [1.82, 2.24) is 9.80 Å². The number of carbonyl (C=O) groups is 3. The number of hydrogen-bond acceptors (Lipinski definition) is 4. The highest BCUT2D eigenvalue weighted by molar-refractivity contribution is 5.79. The maximum atomic E-state index is 12.3. The summed E-state index contributed by atoms with van der Waals surface area (Å²) in [5.41, 5.74) is 0.998. The molecule has 1 heterocycles. The lowest BCUT2D eigenvalue weighted by atomic mass is 10.2. The standard InChI is InChI=1S/C17H22N2O5/c1-13(20)18(11-14-5-3-2-4-6-14)8-7-16(21)19-9-10-24-15(12-19)17(22)23/h2-6,15H,7-12H2,1H3,(H,22,23)/t15-/m1/s1.